The van der Waals surface area contributed by atoms with Gasteiger partial charge in [0.25, 0.3) is 5.91 Å². The lowest BCUT2D eigenvalue weighted by molar-refractivity contribution is -0.132. The summed E-state index contributed by atoms with van der Waals surface area (Å²) in [6, 6.07) is 16.1. The van der Waals surface area contributed by atoms with Crippen LogP contribution in [0.4, 0.5) is 5.69 Å². The van der Waals surface area contributed by atoms with E-state index < -0.39 is 0 Å². The van der Waals surface area contributed by atoms with Crippen molar-refractivity contribution in [3.63, 3.8) is 0 Å². The van der Waals surface area contributed by atoms with Gasteiger partial charge < -0.3 is 15.5 Å². The molecule has 0 saturated heterocycles. The van der Waals surface area contributed by atoms with Crippen molar-refractivity contribution in [2.24, 2.45) is 0 Å². The molecule has 6 nitrogen and oxygen atoms in total. The van der Waals surface area contributed by atoms with Gasteiger partial charge in [-0.1, -0.05) is 35.9 Å². The predicted molar refractivity (Wildman–Crippen MR) is 96.2 cm³/mol. The Kier molecular flexibility index (Phi) is 6.28. The van der Waals surface area contributed by atoms with E-state index in [0.717, 1.165) is 5.56 Å². The molecule has 2 aromatic rings. The Morgan fingerprint density at radius 1 is 0.960 bits per heavy atom. The normalized spacial score (nSPS) is 10.0. The summed E-state index contributed by atoms with van der Waals surface area (Å²) in [6.07, 6.45) is 0. The highest BCUT2D eigenvalue weighted by atomic mass is 16.2. The number of para-hydroxylation sites is 1. The summed E-state index contributed by atoms with van der Waals surface area (Å²) >= 11 is 0. The average Bonchev–Trinajstić information content (AvgIpc) is 2.60. The molecule has 0 radical (unpaired) electrons. The number of anilines is 1. The highest BCUT2D eigenvalue weighted by Crippen LogP contribution is 2.05. The van der Waals surface area contributed by atoms with Gasteiger partial charge in [0, 0.05) is 18.3 Å². The van der Waals surface area contributed by atoms with Crippen LogP contribution in [0.15, 0.2) is 54.6 Å². The molecule has 0 aliphatic rings. The molecular formula is C19H21N3O3. The largest absolute Gasteiger partial charge is 0.343 e. The summed E-state index contributed by atoms with van der Waals surface area (Å²) in [5.41, 5.74) is 2.21. The van der Waals surface area contributed by atoms with Crippen LogP contribution in [0, 0.1) is 6.92 Å². The number of rotatable bonds is 6. The van der Waals surface area contributed by atoms with E-state index in [1.165, 1.54) is 11.9 Å². The minimum Gasteiger partial charge on any atom is -0.343 e. The standard InChI is InChI=1S/C19H21N3O3/c1-14-8-10-15(11-9-14)19(25)20-12-18(24)22(2)13-17(23)21-16-6-4-3-5-7-16/h3-11H,12-13H2,1-2H3,(H,20,25)(H,21,23). The first-order valence-electron chi connectivity index (χ1n) is 7.89. The molecule has 0 saturated carbocycles. The van der Waals surface area contributed by atoms with Crippen LogP contribution in [0.5, 0.6) is 0 Å². The lowest BCUT2D eigenvalue weighted by atomic mass is 10.1. The zero-order valence-electron chi connectivity index (χ0n) is 14.3. The number of amides is 3. The molecular weight excluding hydrogens is 318 g/mol. The van der Waals surface area contributed by atoms with Gasteiger partial charge >= 0.3 is 0 Å². The summed E-state index contributed by atoms with van der Waals surface area (Å²) in [7, 11) is 1.52. The lowest BCUT2D eigenvalue weighted by Crippen LogP contribution is -2.41. The molecule has 0 aliphatic carbocycles. The second-order valence-electron chi connectivity index (χ2n) is 5.71. The first-order valence-corrected chi connectivity index (χ1v) is 7.89. The number of likely N-dealkylation sites (N-methyl/N-ethyl adjacent to an activating group) is 1. The number of nitrogens with zero attached hydrogens (tertiary/aromatic N) is 1. The maximum atomic E-state index is 12.1. The SMILES string of the molecule is Cc1ccc(C(=O)NCC(=O)N(C)CC(=O)Nc2ccccc2)cc1. The number of carbonyl (C=O) groups is 3. The molecule has 0 spiro atoms. The highest BCUT2D eigenvalue weighted by Gasteiger charge is 2.14. The van der Waals surface area contributed by atoms with Crippen molar-refractivity contribution in [1.29, 1.82) is 0 Å². The predicted octanol–water partition coefficient (Wildman–Crippen LogP) is 1.82. The van der Waals surface area contributed by atoms with Gasteiger partial charge in [-0.05, 0) is 31.2 Å². The van der Waals surface area contributed by atoms with Crippen LogP contribution >= 0.6 is 0 Å². The van der Waals surface area contributed by atoms with Crippen molar-refractivity contribution >= 4 is 23.4 Å². The first kappa shape index (κ1) is 18.2. The Morgan fingerprint density at radius 2 is 1.60 bits per heavy atom. The summed E-state index contributed by atoms with van der Waals surface area (Å²) in [6.45, 7) is 1.68. The van der Waals surface area contributed by atoms with E-state index in [9.17, 15) is 14.4 Å². The van der Waals surface area contributed by atoms with Gasteiger partial charge in [-0.3, -0.25) is 14.4 Å². The fourth-order valence-corrected chi connectivity index (χ4v) is 2.12. The van der Waals surface area contributed by atoms with Gasteiger partial charge in [-0.25, -0.2) is 0 Å². The molecule has 0 unspecified atom stereocenters. The Hall–Kier alpha value is -3.15. The third kappa shape index (κ3) is 5.76. The smallest absolute Gasteiger partial charge is 0.251 e. The van der Waals surface area contributed by atoms with Crippen LogP contribution in [0.2, 0.25) is 0 Å². The number of benzene rings is 2. The van der Waals surface area contributed by atoms with Crippen LogP contribution in [0.3, 0.4) is 0 Å². The molecule has 130 valence electrons. The van der Waals surface area contributed by atoms with E-state index in [-0.39, 0.29) is 30.8 Å². The fraction of sp³-hybridized carbons (Fsp3) is 0.211. The molecule has 0 atom stereocenters. The number of nitrogens with one attached hydrogen (secondary N) is 2. The molecule has 6 heteroatoms. The average molecular weight is 339 g/mol. The van der Waals surface area contributed by atoms with Crippen molar-refractivity contribution < 1.29 is 14.4 Å². The second kappa shape index (κ2) is 8.63. The zero-order valence-corrected chi connectivity index (χ0v) is 14.3. The number of hydrogen-bond acceptors (Lipinski definition) is 3. The molecule has 0 heterocycles. The summed E-state index contributed by atoms with van der Waals surface area (Å²) < 4.78 is 0. The third-order valence-electron chi connectivity index (χ3n) is 3.58. The van der Waals surface area contributed by atoms with Crippen molar-refractivity contribution in [2.45, 2.75) is 6.92 Å². The molecule has 0 aromatic heterocycles. The molecule has 2 rings (SSSR count). The van der Waals surface area contributed by atoms with Crippen LogP contribution in [0.1, 0.15) is 15.9 Å². The molecule has 0 fully saturated rings. The molecule has 3 amide bonds. The Balaban J connectivity index is 1.78. The number of hydrogen-bond donors (Lipinski definition) is 2. The summed E-state index contributed by atoms with van der Waals surface area (Å²) in [4.78, 5) is 37.2. The van der Waals surface area contributed by atoms with Crippen LogP contribution < -0.4 is 10.6 Å². The molecule has 25 heavy (non-hydrogen) atoms. The number of carbonyl (C=O) groups excluding carboxylic acids is 3. The Morgan fingerprint density at radius 3 is 2.24 bits per heavy atom. The monoisotopic (exact) mass is 339 g/mol. The van der Waals surface area contributed by atoms with E-state index in [0.29, 0.717) is 11.3 Å². The van der Waals surface area contributed by atoms with Gasteiger partial charge in [-0.2, -0.15) is 0 Å². The van der Waals surface area contributed by atoms with Gasteiger partial charge in [0.1, 0.15) is 0 Å². The first-order chi connectivity index (χ1) is 12.0. The molecule has 0 bridgehead atoms. The van der Waals surface area contributed by atoms with E-state index in [1.54, 1.807) is 24.3 Å². The maximum Gasteiger partial charge on any atom is 0.251 e. The second-order valence-corrected chi connectivity index (χ2v) is 5.71. The van der Waals surface area contributed by atoms with Crippen LogP contribution in [0.25, 0.3) is 0 Å². The van der Waals surface area contributed by atoms with Gasteiger partial charge in [-0.15, -0.1) is 0 Å². The van der Waals surface area contributed by atoms with Crippen molar-refractivity contribution in [3.8, 4) is 0 Å². The topological polar surface area (TPSA) is 78.5 Å². The maximum absolute atomic E-state index is 12.1. The summed E-state index contributed by atoms with van der Waals surface area (Å²) in [5.74, 6) is -0.967. The van der Waals surface area contributed by atoms with Gasteiger partial charge in [0.05, 0.1) is 13.1 Å². The van der Waals surface area contributed by atoms with Crippen LogP contribution in [-0.4, -0.2) is 42.8 Å². The van der Waals surface area contributed by atoms with Crippen molar-refractivity contribution in [1.82, 2.24) is 10.2 Å². The minimum atomic E-state index is -0.344. The van der Waals surface area contributed by atoms with Crippen LogP contribution in [-0.2, 0) is 9.59 Å². The van der Waals surface area contributed by atoms with E-state index in [4.69, 9.17) is 0 Å². The molecule has 2 aromatic carbocycles. The van der Waals surface area contributed by atoms with E-state index >= 15 is 0 Å². The molecule has 2 N–H and O–H groups in total. The van der Waals surface area contributed by atoms with E-state index in [1.807, 2.05) is 37.3 Å². The van der Waals surface area contributed by atoms with E-state index in [2.05, 4.69) is 10.6 Å². The Labute approximate surface area is 146 Å². The quantitative estimate of drug-likeness (QED) is 0.843. The summed E-state index contributed by atoms with van der Waals surface area (Å²) in [5, 5.41) is 5.26. The fourth-order valence-electron chi connectivity index (χ4n) is 2.12. The number of aryl methyl sites for hydroxylation is 1. The Bertz CT molecular complexity index is 742. The minimum absolute atomic E-state index is 0.0892. The van der Waals surface area contributed by atoms with Crippen molar-refractivity contribution in [3.05, 3.63) is 65.7 Å². The lowest BCUT2D eigenvalue weighted by Gasteiger charge is -2.17. The highest BCUT2D eigenvalue weighted by molar-refractivity contribution is 5.98. The molecule has 0 aliphatic heterocycles. The van der Waals surface area contributed by atoms with Gasteiger partial charge in [0.15, 0.2) is 0 Å². The van der Waals surface area contributed by atoms with Gasteiger partial charge in [0.2, 0.25) is 11.8 Å². The zero-order chi connectivity index (χ0) is 18.2. The third-order valence-corrected chi connectivity index (χ3v) is 3.58. The van der Waals surface area contributed by atoms with Crippen molar-refractivity contribution in [2.75, 3.05) is 25.5 Å².